The first-order chi connectivity index (χ1) is 9.68. The zero-order chi connectivity index (χ0) is 14.4. The number of aromatic nitrogens is 1. The van der Waals surface area contributed by atoms with Crippen LogP contribution in [-0.2, 0) is 4.79 Å². The molecule has 106 valence electrons. The number of carbonyl (C=O) groups is 1. The van der Waals surface area contributed by atoms with Crippen molar-refractivity contribution in [3.05, 3.63) is 46.9 Å². The molecule has 1 unspecified atom stereocenters. The Hall–Kier alpha value is -1.88. The van der Waals surface area contributed by atoms with E-state index in [2.05, 4.69) is 16.8 Å². The lowest BCUT2D eigenvalue weighted by molar-refractivity contribution is -0.137. The summed E-state index contributed by atoms with van der Waals surface area (Å²) in [6.45, 7) is 2.80. The lowest BCUT2D eigenvalue weighted by atomic mass is 10.1. The van der Waals surface area contributed by atoms with Crippen molar-refractivity contribution in [3.63, 3.8) is 0 Å². The van der Waals surface area contributed by atoms with Gasteiger partial charge in [-0.2, -0.15) is 0 Å². The molecule has 0 amide bonds. The highest BCUT2D eigenvalue weighted by molar-refractivity contribution is 7.07. The Labute approximate surface area is 122 Å². The Kier molecular flexibility index (Phi) is 5.12. The second-order valence-corrected chi connectivity index (χ2v) is 5.33. The van der Waals surface area contributed by atoms with Crippen molar-refractivity contribution in [2.45, 2.75) is 25.8 Å². The maximum Gasteiger partial charge on any atom is 0.303 e. The molecule has 0 saturated carbocycles. The summed E-state index contributed by atoms with van der Waals surface area (Å²) in [5.41, 5.74) is 3.94. The van der Waals surface area contributed by atoms with Gasteiger partial charge in [0.1, 0.15) is 0 Å². The number of carboxylic acids is 1. The van der Waals surface area contributed by atoms with Crippen LogP contribution in [0.2, 0.25) is 0 Å². The molecule has 20 heavy (non-hydrogen) atoms. The molecule has 0 radical (unpaired) electrons. The van der Waals surface area contributed by atoms with Crippen molar-refractivity contribution in [1.29, 1.82) is 0 Å². The van der Waals surface area contributed by atoms with Crippen molar-refractivity contribution in [2.75, 3.05) is 11.4 Å². The molecule has 0 spiro atoms. The largest absolute Gasteiger partial charge is 0.481 e. The van der Waals surface area contributed by atoms with E-state index in [9.17, 15) is 4.79 Å². The summed E-state index contributed by atoms with van der Waals surface area (Å²) in [5.74, 6) is -0.751. The predicted molar refractivity (Wildman–Crippen MR) is 81.2 cm³/mol. The molecule has 1 aromatic carbocycles. The molecule has 1 N–H and O–H groups in total. The number of benzene rings is 1. The second-order valence-electron chi connectivity index (χ2n) is 4.62. The first-order valence-electron chi connectivity index (χ1n) is 6.60. The zero-order valence-corrected chi connectivity index (χ0v) is 12.2. The lowest BCUT2D eigenvalue weighted by Gasteiger charge is -2.30. The third kappa shape index (κ3) is 3.81. The molecule has 4 nitrogen and oxygen atoms in total. The van der Waals surface area contributed by atoms with E-state index in [4.69, 9.17) is 5.11 Å². The fraction of sp³-hybridized carbons (Fsp3) is 0.333. The molecule has 1 atom stereocenters. The van der Waals surface area contributed by atoms with Gasteiger partial charge in [-0.15, -0.1) is 11.3 Å². The third-order valence-electron chi connectivity index (χ3n) is 3.22. The van der Waals surface area contributed by atoms with E-state index in [1.54, 1.807) is 11.3 Å². The van der Waals surface area contributed by atoms with Crippen LogP contribution in [0.4, 0.5) is 5.69 Å². The Morgan fingerprint density at radius 1 is 1.40 bits per heavy atom. The van der Waals surface area contributed by atoms with E-state index >= 15 is 0 Å². The summed E-state index contributed by atoms with van der Waals surface area (Å²) in [4.78, 5) is 17.3. The molecule has 1 heterocycles. The third-order valence-corrected chi connectivity index (χ3v) is 3.83. The molecular formula is C15H18N2O2S. The number of anilines is 1. The van der Waals surface area contributed by atoms with Crippen LogP contribution < -0.4 is 4.90 Å². The number of carboxylic acid groups (broad SMARTS) is 1. The standard InChI is InChI=1S/C15H18N2O2S/c1-12(14-10-20-11-16-14)17(9-5-8-15(18)19)13-6-3-2-4-7-13/h2-4,6-7,10-12H,5,8-9H2,1H3,(H,18,19). The van der Waals surface area contributed by atoms with Gasteiger partial charge >= 0.3 is 5.97 Å². The molecule has 0 aliphatic heterocycles. The minimum atomic E-state index is -0.751. The molecule has 2 aromatic rings. The second kappa shape index (κ2) is 7.05. The van der Waals surface area contributed by atoms with Crippen molar-refractivity contribution in [2.24, 2.45) is 0 Å². The normalized spacial score (nSPS) is 12.1. The molecule has 0 bridgehead atoms. The number of thiazole rings is 1. The van der Waals surface area contributed by atoms with Crippen molar-refractivity contribution in [1.82, 2.24) is 4.98 Å². The summed E-state index contributed by atoms with van der Waals surface area (Å²) in [6.07, 6.45) is 0.811. The van der Waals surface area contributed by atoms with Gasteiger partial charge in [0.15, 0.2) is 0 Å². The highest BCUT2D eigenvalue weighted by Crippen LogP contribution is 2.26. The fourth-order valence-electron chi connectivity index (χ4n) is 2.15. The minimum absolute atomic E-state index is 0.137. The zero-order valence-electron chi connectivity index (χ0n) is 11.4. The smallest absolute Gasteiger partial charge is 0.303 e. The van der Waals surface area contributed by atoms with E-state index in [-0.39, 0.29) is 12.5 Å². The summed E-state index contributed by atoms with van der Waals surface area (Å²) in [6, 6.07) is 10.2. The van der Waals surface area contributed by atoms with Gasteiger partial charge in [0.25, 0.3) is 0 Å². The molecule has 1 aromatic heterocycles. The molecule has 0 saturated heterocycles. The van der Waals surface area contributed by atoms with E-state index in [1.807, 2.05) is 41.2 Å². The number of rotatable bonds is 7. The maximum atomic E-state index is 10.7. The van der Waals surface area contributed by atoms with E-state index < -0.39 is 5.97 Å². The van der Waals surface area contributed by atoms with E-state index in [0.717, 1.165) is 11.4 Å². The Morgan fingerprint density at radius 2 is 2.15 bits per heavy atom. The van der Waals surface area contributed by atoms with Gasteiger partial charge in [-0.3, -0.25) is 4.79 Å². The monoisotopic (exact) mass is 290 g/mol. The van der Waals surface area contributed by atoms with Crippen LogP contribution in [0.15, 0.2) is 41.2 Å². The first-order valence-corrected chi connectivity index (χ1v) is 7.54. The molecule has 0 fully saturated rings. The van der Waals surface area contributed by atoms with Crippen LogP contribution >= 0.6 is 11.3 Å². The van der Waals surface area contributed by atoms with Crippen LogP contribution in [-0.4, -0.2) is 22.6 Å². The number of aliphatic carboxylic acids is 1. The van der Waals surface area contributed by atoms with E-state index in [0.29, 0.717) is 13.0 Å². The van der Waals surface area contributed by atoms with Crippen LogP contribution in [0.1, 0.15) is 31.5 Å². The predicted octanol–water partition coefficient (Wildman–Crippen LogP) is 3.58. The van der Waals surface area contributed by atoms with Gasteiger partial charge < -0.3 is 10.0 Å². The Morgan fingerprint density at radius 3 is 2.75 bits per heavy atom. The lowest BCUT2D eigenvalue weighted by Crippen LogP contribution is -2.28. The average molecular weight is 290 g/mol. The van der Waals surface area contributed by atoms with Crippen LogP contribution in [0.25, 0.3) is 0 Å². The molecule has 0 aliphatic carbocycles. The average Bonchev–Trinajstić information content (AvgIpc) is 2.98. The minimum Gasteiger partial charge on any atom is -0.481 e. The first kappa shape index (κ1) is 14.5. The summed E-state index contributed by atoms with van der Waals surface area (Å²) < 4.78 is 0. The van der Waals surface area contributed by atoms with Crippen LogP contribution in [0, 0.1) is 0 Å². The fourth-order valence-corrected chi connectivity index (χ4v) is 2.79. The van der Waals surface area contributed by atoms with Gasteiger partial charge in [-0.25, -0.2) is 4.98 Å². The highest BCUT2D eigenvalue weighted by atomic mass is 32.1. The molecule has 5 heteroatoms. The van der Waals surface area contributed by atoms with Gasteiger partial charge in [0, 0.05) is 24.0 Å². The van der Waals surface area contributed by atoms with Gasteiger partial charge in [0.2, 0.25) is 0 Å². The quantitative estimate of drug-likeness (QED) is 0.847. The van der Waals surface area contributed by atoms with Crippen molar-refractivity contribution in [3.8, 4) is 0 Å². The summed E-state index contributed by atoms with van der Waals surface area (Å²) in [7, 11) is 0. The Bertz CT molecular complexity index is 528. The van der Waals surface area contributed by atoms with Gasteiger partial charge in [0.05, 0.1) is 17.2 Å². The van der Waals surface area contributed by atoms with Crippen LogP contribution in [0.3, 0.4) is 0 Å². The Balaban J connectivity index is 2.13. The summed E-state index contributed by atoms with van der Waals surface area (Å²) in [5, 5.41) is 10.8. The van der Waals surface area contributed by atoms with Crippen molar-refractivity contribution >= 4 is 23.0 Å². The van der Waals surface area contributed by atoms with Gasteiger partial charge in [-0.1, -0.05) is 18.2 Å². The SMILES string of the molecule is CC(c1cscn1)N(CCCC(=O)O)c1ccccc1. The topological polar surface area (TPSA) is 53.4 Å². The van der Waals surface area contributed by atoms with Gasteiger partial charge in [-0.05, 0) is 25.5 Å². The number of hydrogen-bond acceptors (Lipinski definition) is 4. The number of nitrogens with zero attached hydrogens (tertiary/aromatic N) is 2. The van der Waals surface area contributed by atoms with Crippen molar-refractivity contribution < 1.29 is 9.90 Å². The molecular weight excluding hydrogens is 272 g/mol. The number of hydrogen-bond donors (Lipinski definition) is 1. The highest BCUT2D eigenvalue weighted by Gasteiger charge is 2.17. The maximum absolute atomic E-state index is 10.7. The number of para-hydroxylation sites is 1. The van der Waals surface area contributed by atoms with E-state index in [1.165, 1.54) is 0 Å². The molecule has 0 aliphatic rings. The molecule has 2 rings (SSSR count). The van der Waals surface area contributed by atoms with Crippen LogP contribution in [0.5, 0.6) is 0 Å². The summed E-state index contributed by atoms with van der Waals surface area (Å²) >= 11 is 1.58.